The third-order valence-electron chi connectivity index (χ3n) is 2.24. The highest BCUT2D eigenvalue weighted by Crippen LogP contribution is 2.31. The molecule has 1 aromatic rings. The van der Waals surface area contributed by atoms with Gasteiger partial charge in [0.05, 0.1) is 15.5 Å². The van der Waals surface area contributed by atoms with Gasteiger partial charge in [-0.2, -0.15) is 0 Å². The first-order valence-electron chi connectivity index (χ1n) is 4.66. The van der Waals surface area contributed by atoms with Gasteiger partial charge in [-0.25, -0.2) is 4.98 Å². The molecule has 0 fully saturated rings. The van der Waals surface area contributed by atoms with E-state index in [9.17, 15) is 5.11 Å². The average Bonchev–Trinajstić information content (AvgIpc) is 2.52. The van der Waals surface area contributed by atoms with Crippen LogP contribution in [0.1, 0.15) is 49.9 Å². The van der Waals surface area contributed by atoms with Crippen molar-refractivity contribution in [3.8, 4) is 0 Å². The molecule has 3 heteroatoms. The van der Waals surface area contributed by atoms with Gasteiger partial charge >= 0.3 is 0 Å². The van der Waals surface area contributed by atoms with Gasteiger partial charge in [0, 0.05) is 12.1 Å². The lowest BCUT2D eigenvalue weighted by atomic mass is 10.0. The van der Waals surface area contributed by atoms with Crippen molar-refractivity contribution >= 4 is 11.3 Å². The molecule has 0 amide bonds. The summed E-state index contributed by atoms with van der Waals surface area (Å²) in [4.78, 5) is 5.26. The molecule has 2 nitrogen and oxygen atoms in total. The first-order chi connectivity index (χ1) is 5.97. The Labute approximate surface area is 83.6 Å². The van der Waals surface area contributed by atoms with Crippen LogP contribution in [0.3, 0.4) is 0 Å². The van der Waals surface area contributed by atoms with Gasteiger partial charge in [0.25, 0.3) is 0 Å². The molecule has 1 aromatic heterocycles. The van der Waals surface area contributed by atoms with E-state index in [2.05, 4.69) is 18.8 Å². The van der Waals surface area contributed by atoms with Crippen LogP contribution in [-0.2, 0) is 5.60 Å². The number of rotatable bonds is 3. The zero-order valence-corrected chi connectivity index (χ0v) is 9.48. The number of aromatic nitrogens is 1. The summed E-state index contributed by atoms with van der Waals surface area (Å²) in [6.07, 6.45) is 2.52. The Bertz CT molecular complexity index is 278. The highest BCUT2D eigenvalue weighted by Gasteiger charge is 2.23. The fourth-order valence-corrected chi connectivity index (χ4v) is 2.01. The standard InChI is InChI=1S/C10H17NOS/c1-5-10(4,12)8-6-11-9(13-8)7(2)3/h6-7,12H,5H2,1-4H3. The van der Waals surface area contributed by atoms with Crippen molar-refractivity contribution in [1.29, 1.82) is 0 Å². The van der Waals surface area contributed by atoms with Crippen LogP contribution < -0.4 is 0 Å². The van der Waals surface area contributed by atoms with Crippen LogP contribution in [-0.4, -0.2) is 10.1 Å². The lowest BCUT2D eigenvalue weighted by molar-refractivity contribution is 0.0567. The number of thiazole rings is 1. The van der Waals surface area contributed by atoms with Crippen molar-refractivity contribution in [2.75, 3.05) is 0 Å². The quantitative estimate of drug-likeness (QED) is 0.812. The first kappa shape index (κ1) is 10.7. The topological polar surface area (TPSA) is 33.1 Å². The average molecular weight is 199 g/mol. The van der Waals surface area contributed by atoms with Gasteiger partial charge in [-0.1, -0.05) is 20.8 Å². The second-order valence-corrected chi connectivity index (χ2v) is 4.91. The molecule has 0 aliphatic carbocycles. The van der Waals surface area contributed by atoms with Gasteiger partial charge in [0.1, 0.15) is 0 Å². The second kappa shape index (κ2) is 3.76. The molecule has 74 valence electrons. The van der Waals surface area contributed by atoms with E-state index in [0.29, 0.717) is 5.92 Å². The summed E-state index contributed by atoms with van der Waals surface area (Å²) in [6, 6.07) is 0. The monoisotopic (exact) mass is 199 g/mol. The predicted molar refractivity (Wildman–Crippen MR) is 56.1 cm³/mol. The molecule has 1 unspecified atom stereocenters. The number of nitrogens with zero attached hydrogens (tertiary/aromatic N) is 1. The first-order valence-corrected chi connectivity index (χ1v) is 5.47. The Kier molecular flexibility index (Phi) is 3.09. The highest BCUT2D eigenvalue weighted by molar-refractivity contribution is 7.11. The zero-order chi connectivity index (χ0) is 10.1. The maximum atomic E-state index is 9.96. The van der Waals surface area contributed by atoms with Crippen LogP contribution >= 0.6 is 11.3 Å². The molecule has 0 saturated heterocycles. The summed E-state index contributed by atoms with van der Waals surface area (Å²) < 4.78 is 0. The maximum absolute atomic E-state index is 9.96. The molecule has 0 aliphatic heterocycles. The lowest BCUT2D eigenvalue weighted by Crippen LogP contribution is -2.17. The van der Waals surface area contributed by atoms with Gasteiger partial charge in [0.15, 0.2) is 0 Å². The SMILES string of the molecule is CCC(C)(O)c1cnc(C(C)C)s1. The summed E-state index contributed by atoms with van der Waals surface area (Å²) in [7, 11) is 0. The fourth-order valence-electron chi connectivity index (χ4n) is 0.978. The smallest absolute Gasteiger partial charge is 0.0973 e. The molecular formula is C10H17NOS. The normalized spacial score (nSPS) is 16.2. The Morgan fingerprint density at radius 1 is 1.62 bits per heavy atom. The second-order valence-electron chi connectivity index (χ2n) is 3.84. The van der Waals surface area contributed by atoms with E-state index in [-0.39, 0.29) is 0 Å². The molecule has 0 radical (unpaired) electrons. The minimum atomic E-state index is -0.704. The summed E-state index contributed by atoms with van der Waals surface area (Å²) in [5.74, 6) is 0.450. The Balaban J connectivity index is 2.91. The number of hydrogen-bond donors (Lipinski definition) is 1. The number of aliphatic hydroxyl groups is 1. The van der Waals surface area contributed by atoms with Crippen molar-refractivity contribution in [2.24, 2.45) is 0 Å². The van der Waals surface area contributed by atoms with Crippen molar-refractivity contribution in [3.05, 3.63) is 16.1 Å². The largest absolute Gasteiger partial charge is 0.385 e. The van der Waals surface area contributed by atoms with Crippen LogP contribution in [0, 0.1) is 0 Å². The van der Waals surface area contributed by atoms with E-state index in [1.165, 1.54) is 0 Å². The molecular weight excluding hydrogens is 182 g/mol. The molecule has 0 bridgehead atoms. The van der Waals surface area contributed by atoms with Crippen LogP contribution in [0.4, 0.5) is 0 Å². The Morgan fingerprint density at radius 3 is 2.62 bits per heavy atom. The third kappa shape index (κ3) is 2.29. The van der Waals surface area contributed by atoms with Crippen molar-refractivity contribution in [1.82, 2.24) is 4.98 Å². The van der Waals surface area contributed by atoms with Crippen molar-refractivity contribution < 1.29 is 5.11 Å². The molecule has 0 spiro atoms. The zero-order valence-electron chi connectivity index (χ0n) is 8.66. The predicted octanol–water partition coefficient (Wildman–Crippen LogP) is 2.88. The molecule has 13 heavy (non-hydrogen) atoms. The van der Waals surface area contributed by atoms with Gasteiger partial charge in [-0.05, 0) is 13.3 Å². The van der Waals surface area contributed by atoms with Gasteiger partial charge in [-0.3, -0.25) is 0 Å². The van der Waals surface area contributed by atoms with Crippen molar-refractivity contribution in [3.63, 3.8) is 0 Å². The molecule has 0 aromatic carbocycles. The van der Waals surface area contributed by atoms with E-state index in [1.807, 2.05) is 13.8 Å². The molecule has 0 saturated carbocycles. The van der Waals surface area contributed by atoms with Crippen molar-refractivity contribution in [2.45, 2.75) is 45.6 Å². The number of hydrogen-bond acceptors (Lipinski definition) is 3. The molecule has 1 atom stereocenters. The maximum Gasteiger partial charge on any atom is 0.0973 e. The highest BCUT2D eigenvalue weighted by atomic mass is 32.1. The molecule has 1 rings (SSSR count). The summed E-state index contributed by atoms with van der Waals surface area (Å²) in [5, 5.41) is 11.1. The summed E-state index contributed by atoms with van der Waals surface area (Å²) >= 11 is 1.61. The minimum absolute atomic E-state index is 0.450. The van der Waals surface area contributed by atoms with Crippen LogP contribution in [0.5, 0.6) is 0 Å². The molecule has 1 heterocycles. The van der Waals surface area contributed by atoms with Gasteiger partial charge in [-0.15, -0.1) is 11.3 Å². The third-order valence-corrected chi connectivity index (χ3v) is 3.79. The van der Waals surface area contributed by atoms with Gasteiger partial charge < -0.3 is 5.11 Å². The van der Waals surface area contributed by atoms with E-state index >= 15 is 0 Å². The van der Waals surface area contributed by atoms with E-state index < -0.39 is 5.60 Å². The summed E-state index contributed by atoms with van der Waals surface area (Å²) in [5.41, 5.74) is -0.704. The van der Waals surface area contributed by atoms with Crippen LogP contribution in [0.25, 0.3) is 0 Å². The van der Waals surface area contributed by atoms with E-state index in [1.54, 1.807) is 17.5 Å². The van der Waals surface area contributed by atoms with E-state index in [4.69, 9.17) is 0 Å². The molecule has 0 aliphatic rings. The summed E-state index contributed by atoms with van der Waals surface area (Å²) in [6.45, 7) is 8.05. The Hall–Kier alpha value is -0.410. The van der Waals surface area contributed by atoms with Crippen LogP contribution in [0.15, 0.2) is 6.20 Å². The fraction of sp³-hybridized carbons (Fsp3) is 0.700. The van der Waals surface area contributed by atoms with Gasteiger partial charge in [0.2, 0.25) is 0 Å². The minimum Gasteiger partial charge on any atom is -0.385 e. The Morgan fingerprint density at radius 2 is 2.23 bits per heavy atom. The lowest BCUT2D eigenvalue weighted by Gasteiger charge is -2.18. The van der Waals surface area contributed by atoms with Crippen LogP contribution in [0.2, 0.25) is 0 Å². The van der Waals surface area contributed by atoms with E-state index in [0.717, 1.165) is 16.3 Å². The molecule has 1 N–H and O–H groups in total.